The van der Waals surface area contributed by atoms with Crippen molar-refractivity contribution in [3.8, 4) is 11.3 Å². The van der Waals surface area contributed by atoms with E-state index in [0.717, 1.165) is 55.4 Å². The molecule has 8 heteroatoms. The van der Waals surface area contributed by atoms with Gasteiger partial charge in [0.1, 0.15) is 0 Å². The lowest BCUT2D eigenvalue weighted by atomic mass is 9.90. The van der Waals surface area contributed by atoms with Crippen LogP contribution in [0.4, 0.5) is 5.95 Å². The molecular formula is C21H28N6O2. The lowest BCUT2D eigenvalue weighted by molar-refractivity contribution is -0.135. The predicted octanol–water partition coefficient (Wildman–Crippen LogP) is 2.13. The number of likely N-dealkylation sites (tertiary alicyclic amines) is 1. The second kappa shape index (κ2) is 8.82. The molecule has 0 bridgehead atoms. The maximum Gasteiger partial charge on any atom is 0.225 e. The number of aromatic nitrogens is 4. The van der Waals surface area contributed by atoms with Crippen LogP contribution >= 0.6 is 0 Å². The number of hydrogen-bond donors (Lipinski definition) is 0. The number of piperidine rings is 1. The van der Waals surface area contributed by atoms with Crippen LogP contribution in [0, 0.1) is 5.92 Å². The number of carbonyl (C=O) groups excluding carboxylic acids is 1. The number of nitrogens with zero attached hydrogens (tertiary/aromatic N) is 6. The third-order valence-electron chi connectivity index (χ3n) is 5.55. The normalized spacial score (nSPS) is 20.2. The van der Waals surface area contributed by atoms with Crippen molar-refractivity contribution in [3.63, 3.8) is 0 Å². The maximum atomic E-state index is 12.6. The van der Waals surface area contributed by atoms with Gasteiger partial charge in [0.2, 0.25) is 11.9 Å². The summed E-state index contributed by atoms with van der Waals surface area (Å²) >= 11 is 0. The van der Waals surface area contributed by atoms with E-state index in [1.54, 1.807) is 18.6 Å². The Hall–Kier alpha value is -2.61. The van der Waals surface area contributed by atoms with Gasteiger partial charge in [-0.15, -0.1) is 0 Å². The molecule has 0 saturated carbocycles. The Kier molecular flexibility index (Phi) is 5.99. The molecule has 2 fully saturated rings. The van der Waals surface area contributed by atoms with Gasteiger partial charge in [0, 0.05) is 62.2 Å². The zero-order valence-electron chi connectivity index (χ0n) is 17.1. The van der Waals surface area contributed by atoms with Crippen molar-refractivity contribution in [1.29, 1.82) is 0 Å². The number of anilines is 1. The summed E-state index contributed by atoms with van der Waals surface area (Å²) in [4.78, 5) is 35.0. The monoisotopic (exact) mass is 396 g/mol. The molecule has 4 rings (SSSR count). The second-order valence-corrected chi connectivity index (χ2v) is 7.94. The molecule has 1 atom stereocenters. The summed E-state index contributed by atoms with van der Waals surface area (Å²) in [5.74, 6) is 1.09. The van der Waals surface area contributed by atoms with Gasteiger partial charge in [0.25, 0.3) is 0 Å². The van der Waals surface area contributed by atoms with Crippen LogP contribution in [0.3, 0.4) is 0 Å². The fraction of sp³-hybridized carbons (Fsp3) is 0.571. The van der Waals surface area contributed by atoms with Crippen LogP contribution in [0.1, 0.15) is 38.3 Å². The molecule has 0 aliphatic carbocycles. The Bertz CT molecular complexity index is 838. The molecule has 2 aliphatic rings. The summed E-state index contributed by atoms with van der Waals surface area (Å²) in [5.41, 5.74) is 2.63. The third-order valence-corrected chi connectivity index (χ3v) is 5.55. The summed E-state index contributed by atoms with van der Waals surface area (Å²) < 4.78 is 5.46. The highest BCUT2D eigenvalue weighted by Crippen LogP contribution is 2.33. The van der Waals surface area contributed by atoms with Crippen molar-refractivity contribution in [2.24, 2.45) is 5.92 Å². The topological polar surface area (TPSA) is 84.3 Å². The second-order valence-electron chi connectivity index (χ2n) is 7.94. The molecule has 2 aromatic heterocycles. The highest BCUT2D eigenvalue weighted by atomic mass is 16.5. The van der Waals surface area contributed by atoms with E-state index in [1.807, 2.05) is 24.9 Å². The van der Waals surface area contributed by atoms with Gasteiger partial charge in [-0.25, -0.2) is 9.97 Å². The summed E-state index contributed by atoms with van der Waals surface area (Å²) in [6.07, 6.45) is 8.92. The van der Waals surface area contributed by atoms with Crippen LogP contribution in [0.15, 0.2) is 24.8 Å². The Morgan fingerprint density at radius 1 is 1.14 bits per heavy atom. The molecule has 0 spiro atoms. The molecule has 1 amide bonds. The minimum Gasteiger partial charge on any atom is -0.378 e. The van der Waals surface area contributed by atoms with Crippen LogP contribution in [0.2, 0.25) is 0 Å². The summed E-state index contributed by atoms with van der Waals surface area (Å²) in [7, 11) is 0. The van der Waals surface area contributed by atoms with Crippen molar-refractivity contribution >= 4 is 11.9 Å². The van der Waals surface area contributed by atoms with E-state index in [2.05, 4.69) is 19.9 Å². The van der Waals surface area contributed by atoms with Crippen molar-refractivity contribution in [2.75, 3.05) is 44.3 Å². The van der Waals surface area contributed by atoms with E-state index in [9.17, 15) is 4.79 Å². The standard InChI is InChI=1S/C21H28N6O2/c1-15(2)20(28)27-7-3-4-16(14-27)19-17(18-13-22-5-6-23-18)12-24-21(25-19)26-8-10-29-11-9-26/h5-6,12-13,15-16H,3-4,7-11,14H2,1-2H3. The molecule has 1 unspecified atom stereocenters. The Morgan fingerprint density at radius 3 is 2.69 bits per heavy atom. The molecule has 0 N–H and O–H groups in total. The van der Waals surface area contributed by atoms with E-state index in [1.165, 1.54) is 0 Å². The number of hydrogen-bond acceptors (Lipinski definition) is 7. The van der Waals surface area contributed by atoms with E-state index >= 15 is 0 Å². The zero-order valence-corrected chi connectivity index (χ0v) is 17.1. The number of ether oxygens (including phenoxy) is 1. The maximum absolute atomic E-state index is 12.6. The fourth-order valence-corrected chi connectivity index (χ4v) is 4.01. The average Bonchev–Trinajstić information content (AvgIpc) is 2.79. The smallest absolute Gasteiger partial charge is 0.225 e. The lowest BCUT2D eigenvalue weighted by Gasteiger charge is -2.35. The molecule has 154 valence electrons. The number of morpholine rings is 1. The molecule has 4 heterocycles. The van der Waals surface area contributed by atoms with Gasteiger partial charge in [-0.3, -0.25) is 14.8 Å². The largest absolute Gasteiger partial charge is 0.378 e. The van der Waals surface area contributed by atoms with Crippen molar-refractivity contribution in [3.05, 3.63) is 30.5 Å². The molecule has 29 heavy (non-hydrogen) atoms. The molecule has 2 aliphatic heterocycles. The molecule has 2 aromatic rings. The SMILES string of the molecule is CC(C)C(=O)N1CCCC(c2nc(N3CCOCC3)ncc2-c2cnccn2)C1. The summed E-state index contributed by atoms with van der Waals surface area (Å²) in [6, 6.07) is 0. The van der Waals surface area contributed by atoms with Crippen LogP contribution in [-0.4, -0.2) is 70.1 Å². The van der Waals surface area contributed by atoms with Crippen LogP contribution in [0.5, 0.6) is 0 Å². The van der Waals surface area contributed by atoms with Crippen LogP contribution < -0.4 is 4.90 Å². The minimum absolute atomic E-state index is 0.00233. The number of rotatable bonds is 4. The van der Waals surface area contributed by atoms with Gasteiger partial charge in [0.15, 0.2) is 0 Å². The van der Waals surface area contributed by atoms with Crippen molar-refractivity contribution in [1.82, 2.24) is 24.8 Å². The van der Waals surface area contributed by atoms with Gasteiger partial charge >= 0.3 is 0 Å². The van der Waals surface area contributed by atoms with Crippen LogP contribution in [0.25, 0.3) is 11.3 Å². The van der Waals surface area contributed by atoms with Crippen molar-refractivity contribution < 1.29 is 9.53 Å². The number of carbonyl (C=O) groups is 1. The summed E-state index contributed by atoms with van der Waals surface area (Å²) in [6.45, 7) is 8.35. The molecule has 8 nitrogen and oxygen atoms in total. The summed E-state index contributed by atoms with van der Waals surface area (Å²) in [5, 5.41) is 0. The Balaban J connectivity index is 1.69. The van der Waals surface area contributed by atoms with Gasteiger partial charge in [-0.1, -0.05) is 13.8 Å². The average molecular weight is 396 g/mol. The van der Waals surface area contributed by atoms with E-state index in [4.69, 9.17) is 9.72 Å². The highest BCUT2D eigenvalue weighted by molar-refractivity contribution is 5.78. The zero-order chi connectivity index (χ0) is 20.2. The Labute approximate surface area is 171 Å². The van der Waals surface area contributed by atoms with Gasteiger partial charge in [-0.2, -0.15) is 0 Å². The van der Waals surface area contributed by atoms with Gasteiger partial charge < -0.3 is 14.5 Å². The van der Waals surface area contributed by atoms with E-state index in [0.29, 0.717) is 19.8 Å². The number of amides is 1. The van der Waals surface area contributed by atoms with Crippen LogP contribution in [-0.2, 0) is 9.53 Å². The first kappa shape index (κ1) is 19.7. The minimum atomic E-state index is 0.00233. The predicted molar refractivity (Wildman–Crippen MR) is 109 cm³/mol. The fourth-order valence-electron chi connectivity index (χ4n) is 4.01. The quantitative estimate of drug-likeness (QED) is 0.783. The molecule has 0 radical (unpaired) electrons. The first-order valence-corrected chi connectivity index (χ1v) is 10.4. The lowest BCUT2D eigenvalue weighted by Crippen LogP contribution is -2.41. The Morgan fingerprint density at radius 2 is 1.97 bits per heavy atom. The highest BCUT2D eigenvalue weighted by Gasteiger charge is 2.30. The molecule has 0 aromatic carbocycles. The molecular weight excluding hydrogens is 368 g/mol. The van der Waals surface area contributed by atoms with E-state index < -0.39 is 0 Å². The van der Waals surface area contributed by atoms with Gasteiger partial charge in [0.05, 0.1) is 30.8 Å². The third kappa shape index (κ3) is 4.37. The van der Waals surface area contributed by atoms with E-state index in [-0.39, 0.29) is 17.7 Å². The first-order valence-electron chi connectivity index (χ1n) is 10.4. The van der Waals surface area contributed by atoms with Gasteiger partial charge in [-0.05, 0) is 12.8 Å². The molecule has 2 saturated heterocycles. The first-order chi connectivity index (χ1) is 14.1. The van der Waals surface area contributed by atoms with Crippen molar-refractivity contribution in [2.45, 2.75) is 32.6 Å².